The fraction of sp³-hybridized carbons (Fsp3) is 0.200. The van der Waals surface area contributed by atoms with Crippen molar-refractivity contribution >= 4 is 10.9 Å². The fourth-order valence-corrected chi connectivity index (χ4v) is 1.46. The molecule has 68 valence electrons. The Morgan fingerprint density at radius 1 is 1.08 bits per heavy atom. The molecular formula is C10H11NO2. The van der Waals surface area contributed by atoms with Crippen LogP contribution in [0.15, 0.2) is 24.4 Å². The molecule has 0 aliphatic rings. The van der Waals surface area contributed by atoms with Gasteiger partial charge in [0.05, 0.1) is 14.2 Å². The van der Waals surface area contributed by atoms with Crippen LogP contribution in [0, 0.1) is 0 Å². The first-order valence-corrected chi connectivity index (χ1v) is 4.05. The first kappa shape index (κ1) is 7.98. The van der Waals surface area contributed by atoms with Crippen LogP contribution in [0.25, 0.3) is 10.9 Å². The highest BCUT2D eigenvalue weighted by Crippen LogP contribution is 2.34. The Kier molecular flexibility index (Phi) is 1.85. The summed E-state index contributed by atoms with van der Waals surface area (Å²) in [6, 6.07) is 5.82. The van der Waals surface area contributed by atoms with Gasteiger partial charge in [0, 0.05) is 17.1 Å². The number of methoxy groups -OCH3 is 2. The minimum atomic E-state index is 0.759. The summed E-state index contributed by atoms with van der Waals surface area (Å²) >= 11 is 0. The lowest BCUT2D eigenvalue weighted by atomic mass is 10.2. The van der Waals surface area contributed by atoms with E-state index in [9.17, 15) is 0 Å². The molecule has 0 aliphatic carbocycles. The Bertz CT molecular complexity index is 420. The average molecular weight is 177 g/mol. The van der Waals surface area contributed by atoms with Gasteiger partial charge in [0.25, 0.3) is 0 Å². The third kappa shape index (κ3) is 1.13. The van der Waals surface area contributed by atoms with Crippen molar-refractivity contribution in [3.05, 3.63) is 24.4 Å². The number of ether oxygens (including phenoxy) is 2. The van der Waals surface area contributed by atoms with E-state index in [0.29, 0.717) is 0 Å². The van der Waals surface area contributed by atoms with E-state index in [2.05, 4.69) is 4.98 Å². The lowest BCUT2D eigenvalue weighted by Crippen LogP contribution is -1.90. The monoisotopic (exact) mass is 177 g/mol. The van der Waals surface area contributed by atoms with E-state index in [0.717, 1.165) is 22.4 Å². The van der Waals surface area contributed by atoms with Gasteiger partial charge in [-0.15, -0.1) is 0 Å². The molecule has 3 nitrogen and oxygen atoms in total. The second-order valence-electron chi connectivity index (χ2n) is 2.74. The zero-order chi connectivity index (χ0) is 9.26. The van der Waals surface area contributed by atoms with Crippen molar-refractivity contribution < 1.29 is 9.47 Å². The van der Waals surface area contributed by atoms with Gasteiger partial charge in [-0.05, 0) is 18.2 Å². The standard InChI is InChI=1S/C10H11NO2/c1-12-9-4-3-8-7(5-6-11-8)10(9)13-2/h3-6,11H,1-2H3. The van der Waals surface area contributed by atoms with E-state index in [1.165, 1.54) is 0 Å². The highest BCUT2D eigenvalue weighted by molar-refractivity contribution is 5.88. The third-order valence-electron chi connectivity index (χ3n) is 2.07. The molecule has 3 heteroatoms. The van der Waals surface area contributed by atoms with Gasteiger partial charge in [-0.1, -0.05) is 0 Å². The first-order chi connectivity index (χ1) is 6.36. The molecule has 13 heavy (non-hydrogen) atoms. The SMILES string of the molecule is COc1ccc2[nH]ccc2c1OC. The minimum Gasteiger partial charge on any atom is -0.493 e. The van der Waals surface area contributed by atoms with Gasteiger partial charge in [-0.3, -0.25) is 0 Å². The molecule has 0 saturated heterocycles. The summed E-state index contributed by atoms with van der Waals surface area (Å²) in [7, 11) is 3.28. The molecule has 2 rings (SSSR count). The van der Waals surface area contributed by atoms with Crippen LogP contribution in [0.1, 0.15) is 0 Å². The summed E-state index contributed by atoms with van der Waals surface area (Å²) in [6.07, 6.45) is 1.88. The van der Waals surface area contributed by atoms with Crippen molar-refractivity contribution in [1.29, 1.82) is 0 Å². The summed E-state index contributed by atoms with van der Waals surface area (Å²) < 4.78 is 10.4. The molecule has 0 bridgehead atoms. The van der Waals surface area contributed by atoms with Crippen molar-refractivity contribution in [2.24, 2.45) is 0 Å². The van der Waals surface area contributed by atoms with Crippen molar-refractivity contribution in [3.63, 3.8) is 0 Å². The molecule has 1 heterocycles. The first-order valence-electron chi connectivity index (χ1n) is 4.05. The molecule has 0 amide bonds. The fourth-order valence-electron chi connectivity index (χ4n) is 1.46. The second-order valence-corrected chi connectivity index (χ2v) is 2.74. The number of benzene rings is 1. The molecular weight excluding hydrogens is 166 g/mol. The number of fused-ring (bicyclic) bond motifs is 1. The second kappa shape index (κ2) is 3.01. The molecule has 1 aromatic carbocycles. The van der Waals surface area contributed by atoms with E-state index in [1.54, 1.807) is 14.2 Å². The van der Waals surface area contributed by atoms with Gasteiger partial charge in [0.15, 0.2) is 11.5 Å². The molecule has 1 aromatic heterocycles. The topological polar surface area (TPSA) is 34.2 Å². The molecule has 0 radical (unpaired) electrons. The molecule has 0 saturated carbocycles. The Hall–Kier alpha value is -1.64. The van der Waals surface area contributed by atoms with Crippen LogP contribution < -0.4 is 9.47 Å². The molecule has 0 unspecified atom stereocenters. The quantitative estimate of drug-likeness (QED) is 0.762. The Morgan fingerprint density at radius 2 is 1.92 bits per heavy atom. The molecule has 2 aromatic rings. The van der Waals surface area contributed by atoms with Crippen molar-refractivity contribution in [2.75, 3.05) is 14.2 Å². The number of nitrogens with one attached hydrogen (secondary N) is 1. The number of H-pyrrole nitrogens is 1. The highest BCUT2D eigenvalue weighted by atomic mass is 16.5. The number of hydrogen-bond donors (Lipinski definition) is 1. The average Bonchev–Trinajstić information content (AvgIpc) is 2.63. The van der Waals surface area contributed by atoms with Crippen LogP contribution in [-0.4, -0.2) is 19.2 Å². The third-order valence-corrected chi connectivity index (χ3v) is 2.07. The number of hydrogen-bond acceptors (Lipinski definition) is 2. The van der Waals surface area contributed by atoms with Gasteiger partial charge in [0.1, 0.15) is 0 Å². The van der Waals surface area contributed by atoms with Crippen molar-refractivity contribution in [3.8, 4) is 11.5 Å². The lowest BCUT2D eigenvalue weighted by molar-refractivity contribution is 0.358. The Labute approximate surface area is 76.3 Å². The zero-order valence-electron chi connectivity index (χ0n) is 7.63. The van der Waals surface area contributed by atoms with Crippen LogP contribution in [0.5, 0.6) is 11.5 Å². The van der Waals surface area contributed by atoms with Crippen LogP contribution in [-0.2, 0) is 0 Å². The van der Waals surface area contributed by atoms with Crippen LogP contribution in [0.2, 0.25) is 0 Å². The molecule has 0 fully saturated rings. The van der Waals surface area contributed by atoms with E-state index < -0.39 is 0 Å². The largest absolute Gasteiger partial charge is 0.493 e. The predicted octanol–water partition coefficient (Wildman–Crippen LogP) is 2.19. The minimum absolute atomic E-state index is 0.759. The van der Waals surface area contributed by atoms with Gasteiger partial charge in [-0.25, -0.2) is 0 Å². The van der Waals surface area contributed by atoms with Crippen LogP contribution >= 0.6 is 0 Å². The van der Waals surface area contributed by atoms with Crippen LogP contribution in [0.4, 0.5) is 0 Å². The van der Waals surface area contributed by atoms with Crippen molar-refractivity contribution in [1.82, 2.24) is 4.98 Å². The summed E-state index contributed by atoms with van der Waals surface area (Å²) in [6.45, 7) is 0. The van der Waals surface area contributed by atoms with Gasteiger partial charge < -0.3 is 14.5 Å². The highest BCUT2D eigenvalue weighted by Gasteiger charge is 2.08. The zero-order valence-corrected chi connectivity index (χ0v) is 7.63. The maximum Gasteiger partial charge on any atom is 0.170 e. The number of aromatic amines is 1. The Balaban J connectivity index is 2.74. The summed E-state index contributed by atoms with van der Waals surface area (Å²) in [5, 5.41) is 1.04. The molecule has 0 aliphatic heterocycles. The van der Waals surface area contributed by atoms with Gasteiger partial charge in [-0.2, -0.15) is 0 Å². The Morgan fingerprint density at radius 3 is 2.62 bits per heavy atom. The van der Waals surface area contributed by atoms with Gasteiger partial charge in [0.2, 0.25) is 0 Å². The lowest BCUT2D eigenvalue weighted by Gasteiger charge is -2.07. The number of aromatic nitrogens is 1. The van der Waals surface area contributed by atoms with E-state index in [1.807, 2.05) is 24.4 Å². The van der Waals surface area contributed by atoms with E-state index in [4.69, 9.17) is 9.47 Å². The van der Waals surface area contributed by atoms with E-state index >= 15 is 0 Å². The van der Waals surface area contributed by atoms with Gasteiger partial charge >= 0.3 is 0 Å². The molecule has 0 spiro atoms. The molecule has 0 atom stereocenters. The summed E-state index contributed by atoms with van der Waals surface area (Å²) in [4.78, 5) is 3.11. The molecule has 1 N–H and O–H groups in total. The smallest absolute Gasteiger partial charge is 0.170 e. The maximum atomic E-state index is 5.26. The summed E-state index contributed by atoms with van der Waals surface area (Å²) in [5.41, 5.74) is 1.05. The van der Waals surface area contributed by atoms with E-state index in [-0.39, 0.29) is 0 Å². The maximum absolute atomic E-state index is 5.26. The predicted molar refractivity (Wildman–Crippen MR) is 51.4 cm³/mol. The summed E-state index contributed by atoms with van der Waals surface area (Å²) in [5.74, 6) is 1.54. The number of rotatable bonds is 2. The van der Waals surface area contributed by atoms with Crippen LogP contribution in [0.3, 0.4) is 0 Å². The van der Waals surface area contributed by atoms with Crippen molar-refractivity contribution in [2.45, 2.75) is 0 Å². The normalized spacial score (nSPS) is 10.3.